The second-order valence-corrected chi connectivity index (χ2v) is 13.7. The number of nitrogens with zero attached hydrogens (tertiary/aromatic N) is 2. The van der Waals surface area contributed by atoms with Crippen molar-refractivity contribution in [1.29, 1.82) is 0 Å². The summed E-state index contributed by atoms with van der Waals surface area (Å²) in [6.45, 7) is 6.81. The number of ether oxygens (including phenoxy) is 2. The summed E-state index contributed by atoms with van der Waals surface area (Å²) in [5.74, 6) is 0. The molecule has 2 amide bonds. The van der Waals surface area contributed by atoms with Crippen LogP contribution < -0.4 is 10.6 Å². The Morgan fingerprint density at radius 3 is 1.96 bits per heavy atom. The Kier molecular flexibility index (Phi) is 12.0. The maximum absolute atomic E-state index is 12.6. The number of rotatable bonds is 12. The number of carbonyl (C=O) groups excluding carboxylic acids is 1. The van der Waals surface area contributed by atoms with Crippen LogP contribution in [-0.4, -0.2) is 59.8 Å². The standard InChI is InChI=1S/C44H48N4O4/c49-32-35-15-17-37(18-16-35)42-27-40(31-48-25-23-47(24-26-48)30-34-11-5-2-6-12-34)51-43(52-42)38-21-19-36(20-22-38)41-14-8-7-13-39(41)29-46-44(50)45-28-33-9-3-1-4-10-33/h1-22,40,42-43,49H,23-32H2,(H2,45,46,50). The minimum absolute atomic E-state index is 0.00135. The second-order valence-electron chi connectivity index (χ2n) is 13.7. The van der Waals surface area contributed by atoms with E-state index < -0.39 is 6.29 Å². The van der Waals surface area contributed by atoms with Crippen LogP contribution >= 0.6 is 0 Å². The van der Waals surface area contributed by atoms with Gasteiger partial charge in [0.15, 0.2) is 6.29 Å². The third kappa shape index (κ3) is 9.53. The van der Waals surface area contributed by atoms with Gasteiger partial charge < -0.3 is 25.2 Å². The van der Waals surface area contributed by atoms with E-state index in [1.807, 2.05) is 60.7 Å². The number of aliphatic hydroxyl groups excluding tert-OH is 1. The molecule has 7 rings (SSSR count). The normalized spacial score (nSPS) is 19.6. The summed E-state index contributed by atoms with van der Waals surface area (Å²) < 4.78 is 13.4. The first-order valence-corrected chi connectivity index (χ1v) is 18.3. The highest BCUT2D eigenvalue weighted by atomic mass is 16.7. The lowest BCUT2D eigenvalue weighted by Crippen LogP contribution is -2.49. The van der Waals surface area contributed by atoms with Gasteiger partial charge in [-0.1, -0.05) is 133 Å². The number of carbonyl (C=O) groups is 1. The average molecular weight is 697 g/mol. The van der Waals surface area contributed by atoms with Crippen molar-refractivity contribution in [3.05, 3.63) is 167 Å². The van der Waals surface area contributed by atoms with Gasteiger partial charge in [-0.25, -0.2) is 4.79 Å². The van der Waals surface area contributed by atoms with E-state index in [1.54, 1.807) is 0 Å². The lowest BCUT2D eigenvalue weighted by atomic mass is 9.97. The molecule has 0 saturated carbocycles. The molecule has 2 aliphatic heterocycles. The van der Waals surface area contributed by atoms with E-state index in [-0.39, 0.29) is 24.8 Å². The SMILES string of the molecule is O=C(NCc1ccccc1)NCc1ccccc1-c1ccc(C2OC(CN3CCN(Cc4ccccc4)CC3)CC(c3ccc(CO)cc3)O2)cc1. The van der Waals surface area contributed by atoms with Crippen LogP contribution in [0.3, 0.4) is 0 Å². The smallest absolute Gasteiger partial charge is 0.315 e. The number of nitrogens with one attached hydrogen (secondary N) is 2. The molecule has 5 aromatic carbocycles. The van der Waals surface area contributed by atoms with Crippen LogP contribution in [0.5, 0.6) is 0 Å². The van der Waals surface area contributed by atoms with Gasteiger partial charge in [0.05, 0.1) is 18.8 Å². The van der Waals surface area contributed by atoms with Crippen LogP contribution in [0, 0.1) is 0 Å². The largest absolute Gasteiger partial charge is 0.392 e. The molecule has 0 aliphatic carbocycles. The molecule has 0 spiro atoms. The molecule has 52 heavy (non-hydrogen) atoms. The summed E-state index contributed by atoms with van der Waals surface area (Å²) in [6, 6.07) is 45.0. The zero-order chi connectivity index (χ0) is 35.5. The fourth-order valence-electron chi connectivity index (χ4n) is 7.08. The minimum atomic E-state index is -0.514. The number of aliphatic hydroxyl groups is 1. The maximum atomic E-state index is 12.6. The molecule has 8 heteroatoms. The van der Waals surface area contributed by atoms with Crippen LogP contribution in [0.2, 0.25) is 0 Å². The number of hydrogen-bond donors (Lipinski definition) is 3. The molecular formula is C44H48N4O4. The Morgan fingerprint density at radius 1 is 0.635 bits per heavy atom. The fraction of sp³-hybridized carbons (Fsp3) is 0.295. The molecular weight excluding hydrogens is 649 g/mol. The topological polar surface area (TPSA) is 86.3 Å². The molecule has 2 fully saturated rings. The van der Waals surface area contributed by atoms with E-state index in [0.717, 1.165) is 84.6 Å². The van der Waals surface area contributed by atoms with E-state index in [1.165, 1.54) is 5.56 Å². The van der Waals surface area contributed by atoms with Crippen LogP contribution in [-0.2, 0) is 35.7 Å². The Bertz CT molecular complexity index is 1850. The molecule has 2 saturated heterocycles. The van der Waals surface area contributed by atoms with Crippen molar-refractivity contribution in [1.82, 2.24) is 20.4 Å². The Labute approximate surface area is 307 Å². The van der Waals surface area contributed by atoms with E-state index >= 15 is 0 Å². The lowest BCUT2D eigenvalue weighted by molar-refractivity contribution is -0.253. The highest BCUT2D eigenvalue weighted by Gasteiger charge is 2.34. The van der Waals surface area contributed by atoms with Gasteiger partial charge in [0.1, 0.15) is 0 Å². The summed E-state index contributed by atoms with van der Waals surface area (Å²) in [6.07, 6.45) is 0.119. The van der Waals surface area contributed by atoms with E-state index in [0.29, 0.717) is 13.1 Å². The second kappa shape index (κ2) is 17.6. The van der Waals surface area contributed by atoms with Crippen molar-refractivity contribution in [3.8, 4) is 11.1 Å². The zero-order valence-corrected chi connectivity index (χ0v) is 29.6. The van der Waals surface area contributed by atoms with Gasteiger partial charge >= 0.3 is 6.03 Å². The Morgan fingerprint density at radius 2 is 1.25 bits per heavy atom. The van der Waals surface area contributed by atoms with Crippen LogP contribution in [0.4, 0.5) is 4.79 Å². The van der Waals surface area contributed by atoms with Gasteiger partial charge in [-0.05, 0) is 38.9 Å². The first-order chi connectivity index (χ1) is 25.6. The molecule has 2 heterocycles. The van der Waals surface area contributed by atoms with Crippen molar-refractivity contribution in [2.75, 3.05) is 32.7 Å². The molecule has 0 bridgehead atoms. The maximum Gasteiger partial charge on any atom is 0.315 e. The number of urea groups is 1. The van der Waals surface area contributed by atoms with E-state index in [4.69, 9.17) is 9.47 Å². The van der Waals surface area contributed by atoms with Crippen LogP contribution in [0.1, 0.15) is 52.2 Å². The molecule has 0 radical (unpaired) electrons. The molecule has 5 aromatic rings. The first-order valence-electron chi connectivity index (χ1n) is 18.3. The summed E-state index contributed by atoms with van der Waals surface area (Å²) >= 11 is 0. The van der Waals surface area contributed by atoms with Crippen molar-refractivity contribution < 1.29 is 19.4 Å². The van der Waals surface area contributed by atoms with Gasteiger partial charge in [0.2, 0.25) is 0 Å². The van der Waals surface area contributed by atoms with Gasteiger partial charge in [-0.2, -0.15) is 0 Å². The Balaban J connectivity index is 1.00. The summed E-state index contributed by atoms with van der Waals surface area (Å²) in [4.78, 5) is 17.6. The number of amides is 2. The van der Waals surface area contributed by atoms with Gasteiger partial charge in [-0.3, -0.25) is 9.80 Å². The predicted molar refractivity (Wildman–Crippen MR) is 204 cm³/mol. The molecule has 8 nitrogen and oxygen atoms in total. The van der Waals surface area contributed by atoms with Crippen LogP contribution in [0.15, 0.2) is 133 Å². The molecule has 3 unspecified atom stereocenters. The Hall–Kier alpha value is -4.83. The van der Waals surface area contributed by atoms with Crippen LogP contribution in [0.25, 0.3) is 11.1 Å². The number of hydrogen-bond acceptors (Lipinski definition) is 6. The first kappa shape index (κ1) is 35.6. The zero-order valence-electron chi connectivity index (χ0n) is 29.6. The third-order valence-electron chi connectivity index (χ3n) is 10.0. The van der Waals surface area contributed by atoms with Crippen molar-refractivity contribution in [2.45, 2.75) is 51.2 Å². The summed E-state index contributed by atoms with van der Waals surface area (Å²) in [7, 11) is 0. The molecule has 268 valence electrons. The predicted octanol–water partition coefficient (Wildman–Crippen LogP) is 7.21. The lowest BCUT2D eigenvalue weighted by Gasteiger charge is -2.40. The summed E-state index contributed by atoms with van der Waals surface area (Å²) in [5.41, 5.74) is 8.51. The highest BCUT2D eigenvalue weighted by Crippen LogP contribution is 2.39. The molecule has 0 aromatic heterocycles. The number of benzene rings is 5. The van der Waals surface area contributed by atoms with E-state index in [9.17, 15) is 9.90 Å². The molecule has 2 aliphatic rings. The van der Waals surface area contributed by atoms with Crippen molar-refractivity contribution in [3.63, 3.8) is 0 Å². The number of piperazine rings is 1. The van der Waals surface area contributed by atoms with Gasteiger partial charge in [-0.15, -0.1) is 0 Å². The van der Waals surface area contributed by atoms with Crippen molar-refractivity contribution in [2.24, 2.45) is 0 Å². The highest BCUT2D eigenvalue weighted by molar-refractivity contribution is 5.75. The monoisotopic (exact) mass is 696 g/mol. The quantitative estimate of drug-likeness (QED) is 0.128. The average Bonchev–Trinajstić information content (AvgIpc) is 3.21. The molecule has 3 N–H and O–H groups in total. The minimum Gasteiger partial charge on any atom is -0.392 e. The fourth-order valence-corrected chi connectivity index (χ4v) is 7.08. The summed E-state index contributed by atoms with van der Waals surface area (Å²) in [5, 5.41) is 15.6. The van der Waals surface area contributed by atoms with Gasteiger partial charge in [0, 0.05) is 64.3 Å². The third-order valence-corrected chi connectivity index (χ3v) is 10.0. The molecule has 3 atom stereocenters. The van der Waals surface area contributed by atoms with Gasteiger partial charge in [0.25, 0.3) is 0 Å². The van der Waals surface area contributed by atoms with Crippen molar-refractivity contribution >= 4 is 6.03 Å². The van der Waals surface area contributed by atoms with E-state index in [2.05, 4.69) is 93.2 Å².